The fourth-order valence-corrected chi connectivity index (χ4v) is 17.4. The number of allylic oxidation sites excluding steroid dienone is 4. The first-order valence-corrected chi connectivity index (χ1v) is 22.6. The summed E-state index contributed by atoms with van der Waals surface area (Å²) in [5.74, 6) is 0. The van der Waals surface area contributed by atoms with Crippen LogP contribution < -0.4 is 3.27 Å². The van der Waals surface area contributed by atoms with Crippen LogP contribution in [-0.4, -0.2) is 3.21 Å². The summed E-state index contributed by atoms with van der Waals surface area (Å²) in [7, 11) is 0. The van der Waals surface area contributed by atoms with Gasteiger partial charge in [0, 0.05) is 0 Å². The van der Waals surface area contributed by atoms with Gasteiger partial charge in [0.25, 0.3) is 0 Å². The van der Waals surface area contributed by atoms with Crippen LogP contribution in [0.3, 0.4) is 0 Å². The number of halogens is 4. The number of hydrogen-bond donors (Lipinski definition) is 0. The fourth-order valence-electron chi connectivity index (χ4n) is 8.09. The molecule has 276 valence electrons. The Kier molecular flexibility index (Phi) is 12.8. The molecule has 0 bridgehead atoms. The van der Waals surface area contributed by atoms with Crippen LogP contribution in [0, 0.1) is 0 Å². The van der Waals surface area contributed by atoms with E-state index in [4.69, 9.17) is 23.2 Å². The maximum atomic E-state index is 6.82. The van der Waals surface area contributed by atoms with Crippen molar-refractivity contribution in [3.63, 3.8) is 0 Å². The normalized spacial score (nSPS) is 13.9. The zero-order valence-corrected chi connectivity index (χ0v) is 38.7. The molecule has 0 amide bonds. The van der Waals surface area contributed by atoms with Crippen LogP contribution in [0.25, 0.3) is 11.1 Å². The third-order valence-corrected chi connectivity index (χ3v) is 18.5. The van der Waals surface area contributed by atoms with Crippen LogP contribution in [0.15, 0.2) is 88.2 Å². The Labute approximate surface area is 344 Å². The minimum atomic E-state index is -3.06. The Morgan fingerprint density at radius 1 is 0.596 bits per heavy atom. The average molecular weight is 854 g/mol. The van der Waals surface area contributed by atoms with E-state index in [0.29, 0.717) is 0 Å². The van der Waals surface area contributed by atoms with E-state index in [2.05, 4.69) is 156 Å². The van der Waals surface area contributed by atoms with Crippen LogP contribution in [-0.2, 0) is 49.3 Å². The monoisotopic (exact) mass is 850 g/mol. The van der Waals surface area contributed by atoms with Crippen LogP contribution >= 0.6 is 48.0 Å². The minimum absolute atomic E-state index is 0. The van der Waals surface area contributed by atoms with Crippen molar-refractivity contribution in [1.29, 1.82) is 0 Å². The largest absolute Gasteiger partial charge is 0.147 e. The molecule has 4 aromatic rings. The van der Waals surface area contributed by atoms with Crippen molar-refractivity contribution in [1.82, 2.24) is 0 Å². The molecule has 0 fully saturated rings. The van der Waals surface area contributed by atoms with Gasteiger partial charge in [-0.2, -0.15) is 0 Å². The molecule has 0 spiro atoms. The van der Waals surface area contributed by atoms with E-state index in [1.54, 1.807) is 17.7 Å². The molecule has 52 heavy (non-hydrogen) atoms. The van der Waals surface area contributed by atoms with Crippen molar-refractivity contribution in [3.05, 3.63) is 143 Å². The van der Waals surface area contributed by atoms with Gasteiger partial charge in [-0.25, -0.2) is 0 Å². The SMILES string of the molecule is CC(C)(C)c1cc2c(cc1C(C)(C)C)-c1cc(C(C)(C)C)c(C(C)(C)C)[c]([Zr]([C]3=CC=CC3)=[C](c3cccc(Cl)c3)c3cccc(Cl)c3)c1C2.Cl.Cl. The molecule has 6 rings (SSSR count). The Balaban J connectivity index is 0.00000302. The molecule has 0 radical (unpaired) electrons. The summed E-state index contributed by atoms with van der Waals surface area (Å²) >= 11 is 10.6. The molecule has 0 unspecified atom stereocenters. The second kappa shape index (κ2) is 15.4. The van der Waals surface area contributed by atoms with E-state index in [9.17, 15) is 0 Å². The van der Waals surface area contributed by atoms with Crippen LogP contribution in [0.1, 0.15) is 134 Å². The molecule has 0 saturated carbocycles. The molecule has 4 aromatic carbocycles. The molecular formula is C47H56Cl4Zr. The first-order valence-electron chi connectivity index (χ1n) is 18.2. The quantitative estimate of drug-likeness (QED) is 0.169. The van der Waals surface area contributed by atoms with Gasteiger partial charge in [0.15, 0.2) is 0 Å². The Hall–Kier alpha value is -1.73. The Morgan fingerprint density at radius 2 is 1.10 bits per heavy atom. The smallest absolute Gasteiger partial charge is 0.147 e. The maximum absolute atomic E-state index is 6.82. The zero-order valence-electron chi connectivity index (χ0n) is 33.1. The van der Waals surface area contributed by atoms with E-state index < -0.39 is 21.3 Å². The van der Waals surface area contributed by atoms with E-state index in [1.807, 2.05) is 12.1 Å². The predicted octanol–water partition coefficient (Wildman–Crippen LogP) is 14.0. The topological polar surface area (TPSA) is 0 Å². The molecule has 2 aliphatic carbocycles. The van der Waals surface area contributed by atoms with Crippen molar-refractivity contribution >= 4 is 54.5 Å². The van der Waals surface area contributed by atoms with E-state index in [-0.39, 0.29) is 46.5 Å². The number of fused-ring (bicyclic) bond motifs is 3. The second-order valence-electron chi connectivity index (χ2n) is 18.5. The van der Waals surface area contributed by atoms with Crippen molar-refractivity contribution < 1.29 is 21.3 Å². The molecule has 0 heterocycles. The summed E-state index contributed by atoms with van der Waals surface area (Å²) in [5.41, 5.74) is 14.2. The second-order valence-corrected chi connectivity index (χ2v) is 25.3. The first kappa shape index (κ1) is 43.0. The predicted molar refractivity (Wildman–Crippen MR) is 232 cm³/mol. The molecule has 0 nitrogen and oxygen atoms in total. The van der Waals surface area contributed by atoms with Gasteiger partial charge in [-0.05, 0) is 0 Å². The first-order chi connectivity index (χ1) is 23.2. The standard InChI is InChI=1S/C29H41.C13H8Cl2.C5H5.2ClH.Zr/c1-26(2,3)22-14-18-13-19-15-23(27(4,5)6)25(29(10,11)12)17-21(19)20(18)16-24(22)28(7,8)9;14-12-5-1-3-10(8-12)7-11-4-2-6-13(15)9-11;1-2-4-5-3-1;;;/h14,16-17H,13H2,1-12H3;1-6,8-9H;1-3H,4H2;2*1H;. The van der Waals surface area contributed by atoms with Gasteiger partial charge in [-0.3, -0.25) is 0 Å². The molecule has 0 N–H and O–H groups in total. The van der Waals surface area contributed by atoms with Crippen LogP contribution in [0.2, 0.25) is 10.0 Å². The average Bonchev–Trinajstić information content (AvgIpc) is 3.64. The summed E-state index contributed by atoms with van der Waals surface area (Å²) in [5, 5.41) is 1.54. The van der Waals surface area contributed by atoms with Gasteiger partial charge in [0.2, 0.25) is 0 Å². The maximum Gasteiger partial charge on any atom is -0.147 e. The molecule has 0 aromatic heterocycles. The van der Waals surface area contributed by atoms with Crippen molar-refractivity contribution in [3.8, 4) is 11.1 Å². The van der Waals surface area contributed by atoms with E-state index >= 15 is 0 Å². The summed E-state index contributed by atoms with van der Waals surface area (Å²) < 4.78 is 4.70. The van der Waals surface area contributed by atoms with Gasteiger partial charge in [-0.1, -0.05) is 0 Å². The minimum Gasteiger partial charge on any atom is -0.147 e. The molecular weight excluding hydrogens is 798 g/mol. The van der Waals surface area contributed by atoms with Crippen molar-refractivity contribution in [2.75, 3.05) is 0 Å². The summed E-state index contributed by atoms with van der Waals surface area (Å²) in [6, 6.07) is 24.9. The molecule has 0 aliphatic heterocycles. The van der Waals surface area contributed by atoms with Crippen LogP contribution in [0.4, 0.5) is 0 Å². The zero-order chi connectivity index (χ0) is 36.6. The van der Waals surface area contributed by atoms with Gasteiger partial charge >= 0.3 is 322 Å². The van der Waals surface area contributed by atoms with Gasteiger partial charge in [0.1, 0.15) is 0 Å². The Bertz CT molecular complexity index is 2050. The van der Waals surface area contributed by atoms with Crippen molar-refractivity contribution in [2.24, 2.45) is 0 Å². The fraction of sp³-hybridized carbons (Fsp3) is 0.383. The molecule has 5 heteroatoms. The van der Waals surface area contributed by atoms with Crippen LogP contribution in [0.5, 0.6) is 0 Å². The number of rotatable bonds is 4. The number of hydrogen-bond acceptors (Lipinski definition) is 0. The van der Waals surface area contributed by atoms with Gasteiger partial charge in [-0.15, -0.1) is 24.8 Å². The summed E-state index contributed by atoms with van der Waals surface area (Å²) in [6.07, 6.45) is 9.04. The number of benzene rings is 4. The molecule has 0 atom stereocenters. The third-order valence-electron chi connectivity index (χ3n) is 10.3. The van der Waals surface area contributed by atoms with Crippen molar-refractivity contribution in [2.45, 2.75) is 118 Å². The summed E-state index contributed by atoms with van der Waals surface area (Å²) in [6.45, 7) is 28.8. The summed E-state index contributed by atoms with van der Waals surface area (Å²) in [4.78, 5) is 0. The Morgan fingerprint density at radius 3 is 1.54 bits per heavy atom. The van der Waals surface area contributed by atoms with E-state index in [0.717, 1.165) is 22.9 Å². The third kappa shape index (κ3) is 8.41. The molecule has 2 aliphatic rings. The van der Waals surface area contributed by atoms with Gasteiger partial charge < -0.3 is 0 Å². The van der Waals surface area contributed by atoms with Gasteiger partial charge in [0.05, 0.1) is 0 Å². The molecule has 0 saturated heterocycles. The van der Waals surface area contributed by atoms with E-state index in [1.165, 1.54) is 47.7 Å².